The predicted molar refractivity (Wildman–Crippen MR) is 431 cm³/mol. The molecule has 20 heterocycles. The van der Waals surface area contributed by atoms with Crippen LogP contribution in [0.15, 0.2) is 250 Å². The molecule has 0 aliphatic carbocycles. The molecule has 12 N–H and O–H groups in total. The van der Waals surface area contributed by atoms with Crippen LogP contribution < -0.4 is 31.9 Å². The van der Waals surface area contributed by atoms with Crippen molar-refractivity contribution in [3.63, 3.8) is 0 Å². The van der Waals surface area contributed by atoms with Crippen molar-refractivity contribution < 1.29 is 32.5 Å². The lowest BCUT2D eigenvalue weighted by Gasteiger charge is -2.11. The molecule has 0 bridgehead atoms. The Morgan fingerprint density at radius 1 is 0.223 bits per heavy atom. The van der Waals surface area contributed by atoms with E-state index in [4.69, 9.17) is 23.7 Å². The summed E-state index contributed by atoms with van der Waals surface area (Å²) in [6, 6.07) is 20.5. The summed E-state index contributed by atoms with van der Waals surface area (Å²) < 4.78 is 34.4. The van der Waals surface area contributed by atoms with Gasteiger partial charge in [-0.1, -0.05) is 30.5 Å². The zero-order valence-electron chi connectivity index (χ0n) is 65.1. The van der Waals surface area contributed by atoms with Gasteiger partial charge in [0.25, 0.3) is 0 Å². The van der Waals surface area contributed by atoms with Gasteiger partial charge in [-0.25, -0.2) is 24.9 Å². The minimum atomic E-state index is 0.889. The molecule has 12 aromatic heterocycles. The largest absolute Gasteiger partial charge is 0.473 e. The summed E-state index contributed by atoms with van der Waals surface area (Å²) in [6.45, 7) is 23.4. The van der Waals surface area contributed by atoms with Gasteiger partial charge in [0, 0.05) is 191 Å². The van der Waals surface area contributed by atoms with Gasteiger partial charge >= 0.3 is 0 Å². The summed E-state index contributed by atoms with van der Waals surface area (Å²) in [5.74, 6) is 0. The maximum Gasteiger partial charge on any atom is 0.180 e. The molecule has 12 aromatic rings. The van der Waals surface area contributed by atoms with Gasteiger partial charge in [0.15, 0.2) is 12.7 Å². The van der Waals surface area contributed by atoms with E-state index in [1.165, 1.54) is 160 Å². The summed E-state index contributed by atoms with van der Waals surface area (Å²) >= 11 is 0. The fourth-order valence-electron chi connectivity index (χ4n) is 7.92. The van der Waals surface area contributed by atoms with Gasteiger partial charge in [-0.05, 0) is 170 Å². The van der Waals surface area contributed by atoms with Gasteiger partial charge < -0.3 is 74.4 Å². The number of nitrogens with one attached hydrogen (secondary N) is 12. The zero-order chi connectivity index (χ0) is 79.2. The number of morpholine rings is 1. The highest BCUT2D eigenvalue weighted by atomic mass is 16.5. The number of tetrazole rings is 1. The molecule has 112 heavy (non-hydrogen) atoms. The third kappa shape index (κ3) is 93.7. The van der Waals surface area contributed by atoms with E-state index < -0.39 is 0 Å². The van der Waals surface area contributed by atoms with Crippen molar-refractivity contribution in [3.05, 3.63) is 241 Å². The molecule has 0 atom stereocenters. The summed E-state index contributed by atoms with van der Waals surface area (Å²) in [5, 5.41) is 60.1. The number of ether oxygens (including phenoxy) is 5. The third-order valence-electron chi connectivity index (χ3n) is 13.3. The number of furan rings is 1. The highest BCUT2D eigenvalue weighted by Gasteiger charge is 1.98. The zero-order valence-corrected chi connectivity index (χ0v) is 65.1. The maximum atomic E-state index is 5.19. The number of piperidine rings is 1. The first-order chi connectivity index (χ1) is 56.0. The van der Waals surface area contributed by atoms with Crippen molar-refractivity contribution in [2.75, 3.05) is 145 Å². The summed E-state index contributed by atoms with van der Waals surface area (Å²) in [6.07, 6.45) is 65.6. The number of aromatic nitrogens is 23. The van der Waals surface area contributed by atoms with Gasteiger partial charge in [-0.15, -0.1) is 10.2 Å². The molecule has 0 aromatic carbocycles. The smallest absolute Gasteiger partial charge is 0.180 e. The van der Waals surface area contributed by atoms with Crippen molar-refractivity contribution in [3.8, 4) is 0 Å². The van der Waals surface area contributed by atoms with Crippen molar-refractivity contribution in [2.45, 2.75) is 96.3 Å². The first-order valence-electron chi connectivity index (χ1n) is 38.1. The molecule has 0 unspecified atom stereocenters. The van der Waals surface area contributed by atoms with E-state index in [0.29, 0.717) is 0 Å². The molecule has 0 saturated carbocycles. The molecule has 8 fully saturated rings. The van der Waals surface area contributed by atoms with Gasteiger partial charge in [-0.2, -0.15) is 41.0 Å². The fourth-order valence-corrected chi connectivity index (χ4v) is 7.92. The molecule has 8 aliphatic heterocycles. The molecular formula is C76H125N29O7. The Morgan fingerprint density at radius 2 is 0.714 bits per heavy atom. The van der Waals surface area contributed by atoms with Crippen LogP contribution in [0.5, 0.6) is 0 Å². The Bertz CT molecular complexity index is 2300. The predicted octanol–water partition coefficient (Wildman–Crippen LogP) is 8.58. The number of oxazole rings is 1. The van der Waals surface area contributed by atoms with Crippen molar-refractivity contribution >= 4 is 0 Å². The number of hydrogen-bond acceptors (Lipinski definition) is 30. The van der Waals surface area contributed by atoms with Crippen LogP contribution >= 0.6 is 0 Å². The molecular weight excluding hydrogens is 1430 g/mol. The Morgan fingerprint density at radius 3 is 0.955 bits per heavy atom. The number of nitrogens with zero attached hydrogens (tertiary/aromatic N) is 17. The van der Waals surface area contributed by atoms with Crippen LogP contribution in [-0.2, 0) is 23.7 Å². The lowest BCUT2D eigenvalue weighted by atomic mass is 10.2. The minimum Gasteiger partial charge on any atom is -0.473 e. The van der Waals surface area contributed by atoms with Crippen molar-refractivity contribution in [1.82, 2.24) is 148 Å². The highest BCUT2D eigenvalue weighted by molar-refractivity contribution is 4.88. The number of hydrogen-bond donors (Lipinski definition) is 12. The molecule has 0 amide bonds. The molecule has 8 aliphatic rings. The monoisotopic (exact) mass is 1560 g/mol. The number of rotatable bonds is 0. The molecule has 0 radical (unpaired) electrons. The van der Waals surface area contributed by atoms with Gasteiger partial charge in [0.05, 0.1) is 57.3 Å². The molecule has 36 nitrogen and oxygen atoms in total. The lowest BCUT2D eigenvalue weighted by Crippen LogP contribution is -2.39. The summed E-state index contributed by atoms with van der Waals surface area (Å²) in [4.78, 5) is 35.0. The van der Waals surface area contributed by atoms with Crippen LogP contribution in [0.1, 0.15) is 96.3 Å². The van der Waals surface area contributed by atoms with Crippen LogP contribution in [0, 0.1) is 0 Å². The maximum absolute atomic E-state index is 5.19. The fraction of sp³-hybridized carbons (Fsp3) is 0.487. The Balaban J connectivity index is 0.000000590. The number of imidazole rings is 1. The highest BCUT2D eigenvalue weighted by Crippen LogP contribution is 2.05. The van der Waals surface area contributed by atoms with Crippen molar-refractivity contribution in [1.29, 1.82) is 0 Å². The second-order valence-electron chi connectivity index (χ2n) is 22.4. The van der Waals surface area contributed by atoms with E-state index in [9.17, 15) is 0 Å². The number of pyridine rings is 1. The molecule has 8 saturated heterocycles. The molecule has 0 spiro atoms. The summed E-state index contributed by atoms with van der Waals surface area (Å²) in [7, 11) is 0. The topological polar surface area (TPSA) is 458 Å². The van der Waals surface area contributed by atoms with Crippen LogP contribution in [-0.4, -0.2) is 261 Å². The first-order valence-corrected chi connectivity index (χ1v) is 38.1. The van der Waals surface area contributed by atoms with E-state index >= 15 is 0 Å². The van der Waals surface area contributed by atoms with Crippen LogP contribution in [0.25, 0.3) is 0 Å². The Kier molecular flexibility index (Phi) is 85.8. The number of H-pyrrole nitrogens is 6. The van der Waals surface area contributed by atoms with Gasteiger partial charge in [-0.3, -0.25) is 25.1 Å². The van der Waals surface area contributed by atoms with Crippen LogP contribution in [0.2, 0.25) is 0 Å². The Labute approximate surface area is 660 Å². The third-order valence-corrected chi connectivity index (χ3v) is 13.3. The average Bonchev–Trinajstić information content (AvgIpc) is 4.79. The number of piperazine rings is 1. The van der Waals surface area contributed by atoms with Gasteiger partial charge in [0.1, 0.15) is 25.2 Å². The first kappa shape index (κ1) is 99.5. The minimum absolute atomic E-state index is 0.889. The van der Waals surface area contributed by atoms with E-state index in [-0.39, 0.29) is 0 Å². The second kappa shape index (κ2) is 96.6. The Hall–Kier alpha value is -10.5. The van der Waals surface area contributed by atoms with Crippen LogP contribution in [0.3, 0.4) is 0 Å². The van der Waals surface area contributed by atoms with E-state index in [2.05, 4.69) is 157 Å². The average molecular weight is 1560 g/mol. The van der Waals surface area contributed by atoms with Crippen LogP contribution in [0.4, 0.5) is 0 Å². The van der Waals surface area contributed by atoms with Gasteiger partial charge in [0.2, 0.25) is 0 Å². The SMILES string of the molecule is C1CCCOCC1.C1CCNC1.C1CCNCC1.C1CCOC1.C1CCOCC1.C1CNCCN1.C1CNCCOC1.C1COCCN1.c1c[nH]cn1.c1cc[nH]c1.c1ccncc1.c1ccnnc1.c1ccoc1.c1cn[nH]c1.c1cn[nH]n1.c1cnccn1.c1cncnc1.c1cocn1.c1nc[nH]n1.c1nn[nH]n1. The number of aromatic amines is 6. The lowest BCUT2D eigenvalue weighted by molar-refractivity contribution is 0.0968. The molecule has 36 heteroatoms. The standard InChI is InChI=1S/C6H12O.C5H11NO.C5H11N.C5H5N.C5H10O.C4H10N2.3C4H4N2.C4H9NO.C4H9N.C4H5N.C4H8O.C4H4O.2C3H4N2.C3H3NO.2C2H3N3.CH2N4/c1-2-4-6-7-5-3-1;1-2-6-3-5-7-4-1;3*1-2-4-6-5-3-1;2*1-2-6-4-3-5-1;1-2-5-4-6-3-1;1-2-4-6-5-3-1;1-3-6-4-2-5-1;4*1-2-4-5-3-1;1-2-5-3-4-1;1-2-4-5-3-1;1-2-5-3-4-1;1-3-2-5-4-1;2*1-2-4-5-3-1/h1-6H2;6H,1-5H2;6H,1-5H2;1-5H;1-5H2;5-6H,1-4H2;3*1-4H;5H,1-4H2;5H,1-4H2;1-5H;1-4H2;1-4H;2*1-3H,(H,4,5);1-3H;2*1-2H,(H,3,4,5);1H,(H,2,3,4,5). The molecule has 616 valence electrons. The quantitative estimate of drug-likeness (QED) is 0.0676. The van der Waals surface area contributed by atoms with E-state index in [0.717, 1.165) is 118 Å². The summed E-state index contributed by atoms with van der Waals surface area (Å²) in [5.41, 5.74) is 0. The second-order valence-corrected chi connectivity index (χ2v) is 22.4. The van der Waals surface area contributed by atoms with E-state index in [1.54, 1.807) is 130 Å². The normalized spacial score (nSPS) is 14.9. The molecule has 20 rings (SSSR count). The van der Waals surface area contributed by atoms with E-state index in [1.807, 2.05) is 73.1 Å². The van der Waals surface area contributed by atoms with Crippen molar-refractivity contribution in [2.24, 2.45) is 0 Å².